The number of nitriles is 1. The van der Waals surface area contributed by atoms with Crippen LogP contribution in [0.25, 0.3) is 0 Å². The van der Waals surface area contributed by atoms with Gasteiger partial charge in [0.15, 0.2) is 0 Å². The van der Waals surface area contributed by atoms with Crippen LogP contribution >= 0.6 is 27.5 Å². The number of hydrogen-bond acceptors (Lipinski definition) is 2. The molecule has 0 amide bonds. The van der Waals surface area contributed by atoms with Crippen molar-refractivity contribution in [2.24, 2.45) is 5.41 Å². The van der Waals surface area contributed by atoms with E-state index in [1.54, 1.807) is 26.0 Å². The van der Waals surface area contributed by atoms with Gasteiger partial charge in [-0.25, -0.2) is 0 Å². The lowest BCUT2D eigenvalue weighted by molar-refractivity contribution is -0.0379. The van der Waals surface area contributed by atoms with Gasteiger partial charge in [0.2, 0.25) is 0 Å². The summed E-state index contributed by atoms with van der Waals surface area (Å²) in [4.78, 5) is 0. The molecule has 2 atom stereocenters. The first-order valence-electron chi connectivity index (χ1n) is 5.37. The molecule has 1 aromatic carbocycles. The molecule has 0 spiro atoms. The summed E-state index contributed by atoms with van der Waals surface area (Å²) in [6, 6.07) is 7.47. The van der Waals surface area contributed by atoms with E-state index in [0.717, 1.165) is 4.47 Å². The van der Waals surface area contributed by atoms with E-state index >= 15 is 0 Å². The van der Waals surface area contributed by atoms with Crippen molar-refractivity contribution < 1.29 is 5.11 Å². The first-order chi connectivity index (χ1) is 7.78. The van der Waals surface area contributed by atoms with Crippen LogP contribution in [0.5, 0.6) is 0 Å². The maximum Gasteiger partial charge on any atom is 0.107 e. The van der Waals surface area contributed by atoms with Gasteiger partial charge in [-0.3, -0.25) is 0 Å². The van der Waals surface area contributed by atoms with Crippen LogP contribution in [0.1, 0.15) is 32.8 Å². The van der Waals surface area contributed by atoms with E-state index in [4.69, 9.17) is 11.6 Å². The second-order valence-corrected chi connectivity index (χ2v) is 5.82. The molecule has 0 aliphatic heterocycles. The van der Waals surface area contributed by atoms with Gasteiger partial charge in [0.05, 0.1) is 11.5 Å². The zero-order valence-corrected chi connectivity index (χ0v) is 12.4. The van der Waals surface area contributed by atoms with E-state index in [0.29, 0.717) is 17.0 Å². The Morgan fingerprint density at radius 2 is 2.06 bits per heavy atom. The van der Waals surface area contributed by atoms with Gasteiger partial charge in [-0.2, -0.15) is 5.26 Å². The van der Waals surface area contributed by atoms with E-state index in [1.807, 2.05) is 13.0 Å². The van der Waals surface area contributed by atoms with Gasteiger partial charge in [0, 0.05) is 15.1 Å². The molecule has 0 heterocycles. The fourth-order valence-corrected chi connectivity index (χ4v) is 2.57. The maximum atomic E-state index is 10.7. The van der Waals surface area contributed by atoms with Crippen LogP contribution < -0.4 is 0 Å². The Balaban J connectivity index is 3.36. The van der Waals surface area contributed by atoms with Gasteiger partial charge >= 0.3 is 0 Å². The number of halogens is 2. The van der Waals surface area contributed by atoms with E-state index in [-0.39, 0.29) is 0 Å². The van der Waals surface area contributed by atoms with Gasteiger partial charge in [-0.1, -0.05) is 40.5 Å². The molecule has 0 bridgehead atoms. The van der Waals surface area contributed by atoms with Crippen LogP contribution in [0.3, 0.4) is 0 Å². The molecule has 0 saturated carbocycles. The summed E-state index contributed by atoms with van der Waals surface area (Å²) in [5.74, 6) is 0. The molecule has 4 heteroatoms. The lowest BCUT2D eigenvalue weighted by atomic mass is 9.70. The summed E-state index contributed by atoms with van der Waals surface area (Å²) < 4.78 is 0.845. The number of aliphatic hydroxyl groups is 1. The highest BCUT2D eigenvalue weighted by atomic mass is 79.9. The van der Waals surface area contributed by atoms with Crippen LogP contribution in [-0.2, 0) is 5.60 Å². The minimum Gasteiger partial charge on any atom is -0.384 e. The molecule has 92 valence electrons. The van der Waals surface area contributed by atoms with Crippen molar-refractivity contribution in [1.29, 1.82) is 5.26 Å². The second-order valence-electron chi connectivity index (χ2n) is 4.49. The van der Waals surface area contributed by atoms with E-state index < -0.39 is 11.0 Å². The Hall–Kier alpha value is -0.560. The fraction of sp³-hybridized carbons (Fsp3) is 0.462. The molecule has 1 N–H and O–H groups in total. The third kappa shape index (κ3) is 2.49. The zero-order valence-electron chi connectivity index (χ0n) is 10.1. The molecule has 0 aromatic heterocycles. The van der Waals surface area contributed by atoms with Crippen LogP contribution in [0.4, 0.5) is 0 Å². The number of benzene rings is 1. The summed E-state index contributed by atoms with van der Waals surface area (Å²) in [5.41, 5.74) is -1.58. The van der Waals surface area contributed by atoms with Crippen molar-refractivity contribution in [1.82, 2.24) is 0 Å². The van der Waals surface area contributed by atoms with Gasteiger partial charge in [0.1, 0.15) is 5.60 Å². The highest BCUT2D eigenvalue weighted by Gasteiger charge is 2.44. The quantitative estimate of drug-likeness (QED) is 0.906. The predicted molar refractivity (Wildman–Crippen MR) is 72.7 cm³/mol. The smallest absolute Gasteiger partial charge is 0.107 e. The summed E-state index contributed by atoms with van der Waals surface area (Å²) in [6.45, 7) is 5.25. The molecule has 0 radical (unpaired) electrons. The largest absolute Gasteiger partial charge is 0.384 e. The summed E-state index contributed by atoms with van der Waals surface area (Å²) in [7, 11) is 0. The molecule has 2 unspecified atom stereocenters. The number of hydrogen-bond donors (Lipinski definition) is 1. The van der Waals surface area contributed by atoms with Crippen molar-refractivity contribution in [3.63, 3.8) is 0 Å². The zero-order chi connectivity index (χ0) is 13.3. The third-order valence-electron chi connectivity index (χ3n) is 3.48. The topological polar surface area (TPSA) is 44.0 Å². The van der Waals surface area contributed by atoms with Crippen molar-refractivity contribution in [2.45, 2.75) is 32.8 Å². The van der Waals surface area contributed by atoms with Crippen molar-refractivity contribution in [3.8, 4) is 6.07 Å². The SMILES string of the molecule is CCC(C)(C#N)C(C)(O)c1ccc(Br)cc1Cl. The Morgan fingerprint density at radius 3 is 2.47 bits per heavy atom. The second kappa shape index (κ2) is 4.97. The van der Waals surface area contributed by atoms with Gasteiger partial charge < -0.3 is 5.11 Å². The molecular weight excluding hydrogens is 302 g/mol. The summed E-state index contributed by atoms with van der Waals surface area (Å²) in [6.07, 6.45) is 0.545. The first kappa shape index (κ1) is 14.5. The lowest BCUT2D eigenvalue weighted by Crippen LogP contribution is -2.40. The molecule has 1 aromatic rings. The first-order valence-corrected chi connectivity index (χ1v) is 6.54. The lowest BCUT2D eigenvalue weighted by Gasteiger charge is -2.37. The molecule has 2 nitrogen and oxygen atoms in total. The number of nitrogens with zero attached hydrogens (tertiary/aromatic N) is 1. The van der Waals surface area contributed by atoms with Gasteiger partial charge in [-0.05, 0) is 32.4 Å². The Morgan fingerprint density at radius 1 is 1.47 bits per heavy atom. The van der Waals surface area contributed by atoms with Gasteiger partial charge in [0.25, 0.3) is 0 Å². The Labute approximate surface area is 115 Å². The van der Waals surface area contributed by atoms with E-state index in [2.05, 4.69) is 22.0 Å². The normalized spacial score (nSPS) is 17.9. The predicted octanol–water partition coefficient (Wildman–Crippen LogP) is 4.25. The Bertz CT molecular complexity index is 467. The molecular formula is C13H15BrClNO. The van der Waals surface area contributed by atoms with Crippen molar-refractivity contribution in [2.75, 3.05) is 0 Å². The Kier molecular flexibility index (Phi) is 4.24. The standard InChI is InChI=1S/C13H15BrClNO/c1-4-12(2,8-16)13(3,17)10-6-5-9(14)7-11(10)15/h5-7,17H,4H2,1-3H3. The van der Waals surface area contributed by atoms with Crippen LogP contribution in [0, 0.1) is 16.7 Å². The highest BCUT2D eigenvalue weighted by molar-refractivity contribution is 9.10. The van der Waals surface area contributed by atoms with Crippen molar-refractivity contribution in [3.05, 3.63) is 33.3 Å². The van der Waals surface area contributed by atoms with Crippen LogP contribution in [0.2, 0.25) is 5.02 Å². The molecule has 0 aliphatic carbocycles. The molecule has 0 saturated heterocycles. The molecule has 0 aliphatic rings. The molecule has 1 rings (SSSR count). The van der Waals surface area contributed by atoms with E-state index in [9.17, 15) is 10.4 Å². The fourth-order valence-electron chi connectivity index (χ4n) is 1.71. The number of rotatable bonds is 3. The van der Waals surface area contributed by atoms with Crippen LogP contribution in [0.15, 0.2) is 22.7 Å². The highest BCUT2D eigenvalue weighted by Crippen LogP contribution is 2.44. The van der Waals surface area contributed by atoms with Gasteiger partial charge in [-0.15, -0.1) is 0 Å². The average molecular weight is 317 g/mol. The maximum absolute atomic E-state index is 10.7. The van der Waals surface area contributed by atoms with E-state index in [1.165, 1.54) is 0 Å². The summed E-state index contributed by atoms with van der Waals surface area (Å²) in [5, 5.41) is 20.4. The minimum atomic E-state index is -1.28. The third-order valence-corrected chi connectivity index (χ3v) is 4.29. The van der Waals surface area contributed by atoms with Crippen molar-refractivity contribution >= 4 is 27.5 Å². The average Bonchev–Trinajstić information content (AvgIpc) is 2.27. The molecule has 17 heavy (non-hydrogen) atoms. The van der Waals surface area contributed by atoms with Crippen LogP contribution in [-0.4, -0.2) is 5.11 Å². The molecule has 0 fully saturated rings. The summed E-state index contributed by atoms with van der Waals surface area (Å²) >= 11 is 9.45. The minimum absolute atomic E-state index is 0.458. The monoisotopic (exact) mass is 315 g/mol.